The Morgan fingerprint density at radius 2 is 1.80 bits per heavy atom. The summed E-state index contributed by atoms with van der Waals surface area (Å²) in [6.45, 7) is 1.53. The average molecular weight is 376 g/mol. The zero-order valence-corrected chi connectivity index (χ0v) is 15.9. The molecule has 0 heterocycles. The van der Waals surface area contributed by atoms with Crippen LogP contribution in [-0.4, -0.2) is 24.0 Å². The molecule has 4 nitrogen and oxygen atoms in total. The maximum Gasteiger partial charge on any atom is 0.223 e. The van der Waals surface area contributed by atoms with E-state index in [-0.39, 0.29) is 17.0 Å². The number of carbonyl (C=O) groups is 1. The lowest BCUT2D eigenvalue weighted by Crippen LogP contribution is -2.25. The Bertz CT molecular complexity index is 731. The van der Waals surface area contributed by atoms with E-state index in [0.29, 0.717) is 0 Å². The van der Waals surface area contributed by atoms with Gasteiger partial charge in [-0.3, -0.25) is 10.2 Å². The van der Waals surface area contributed by atoms with Gasteiger partial charge in [-0.15, -0.1) is 11.8 Å². The van der Waals surface area contributed by atoms with Crippen LogP contribution < -0.4 is 10.6 Å². The van der Waals surface area contributed by atoms with Crippen molar-refractivity contribution in [3.63, 3.8) is 0 Å². The largest absolute Gasteiger partial charge is 0.387 e. The van der Waals surface area contributed by atoms with Crippen molar-refractivity contribution in [2.75, 3.05) is 11.9 Å². The third-order valence-corrected chi connectivity index (χ3v) is 5.50. The van der Waals surface area contributed by atoms with Crippen LogP contribution in [0.15, 0.2) is 53.4 Å². The Morgan fingerprint density at radius 1 is 1.20 bits per heavy atom. The lowest BCUT2D eigenvalue weighted by atomic mass is 10.1. The zero-order chi connectivity index (χ0) is 18.4. The normalized spacial score (nSPS) is 11.8. The number of carbonyl (C=O) groups excluding carboxylic acids is 1. The van der Waals surface area contributed by atoms with E-state index in [1.165, 1.54) is 12.5 Å². The van der Waals surface area contributed by atoms with Crippen LogP contribution in [0.5, 0.6) is 0 Å². The molecule has 1 atom stereocenters. The molecule has 132 valence electrons. The van der Waals surface area contributed by atoms with Crippen LogP contribution in [0.3, 0.4) is 0 Å². The summed E-state index contributed by atoms with van der Waals surface area (Å²) in [6.07, 6.45) is 1.61. The molecule has 0 aliphatic rings. The van der Waals surface area contributed by atoms with Crippen molar-refractivity contribution >= 4 is 40.8 Å². The van der Waals surface area contributed by atoms with E-state index >= 15 is 0 Å². The highest BCUT2D eigenvalue weighted by molar-refractivity contribution is 8.00. The second-order valence-corrected chi connectivity index (χ2v) is 7.51. The topological polar surface area (TPSA) is 70.2 Å². The van der Waals surface area contributed by atoms with Gasteiger partial charge in [0.15, 0.2) is 0 Å². The molecular weight excluding hydrogens is 354 g/mol. The monoisotopic (exact) mass is 375 g/mol. The maximum absolute atomic E-state index is 11.4. The van der Waals surface area contributed by atoms with Gasteiger partial charge in [-0.1, -0.05) is 23.7 Å². The standard InChI is InChI=1S/C19H22ClN3OS/c1-13(24)23(2)16-8-10-17(11-9-16)25-18(19(21)22)12-5-14-3-6-15(20)7-4-14/h3-4,6-11,18H,5,12H2,1-2H3,(H3,21,22). The molecule has 3 N–H and O–H groups in total. The fourth-order valence-electron chi connectivity index (χ4n) is 2.32. The van der Waals surface area contributed by atoms with Crippen molar-refractivity contribution in [2.45, 2.75) is 29.9 Å². The van der Waals surface area contributed by atoms with Gasteiger partial charge in [-0.2, -0.15) is 0 Å². The Labute approximate surface area is 157 Å². The zero-order valence-electron chi connectivity index (χ0n) is 14.3. The Balaban J connectivity index is 2.00. The number of amides is 1. The summed E-state index contributed by atoms with van der Waals surface area (Å²) in [4.78, 5) is 14.0. The van der Waals surface area contributed by atoms with Crippen LogP contribution in [0.2, 0.25) is 5.02 Å². The first-order chi connectivity index (χ1) is 11.9. The number of nitrogens with zero attached hydrogens (tertiary/aromatic N) is 1. The molecule has 0 aliphatic carbocycles. The number of amidine groups is 1. The smallest absolute Gasteiger partial charge is 0.223 e. The van der Waals surface area contributed by atoms with Gasteiger partial charge in [0.1, 0.15) is 5.84 Å². The van der Waals surface area contributed by atoms with Crippen molar-refractivity contribution in [2.24, 2.45) is 5.73 Å². The summed E-state index contributed by atoms with van der Waals surface area (Å²) in [5, 5.41) is 8.48. The van der Waals surface area contributed by atoms with Gasteiger partial charge >= 0.3 is 0 Å². The minimum Gasteiger partial charge on any atom is -0.387 e. The van der Waals surface area contributed by atoms with Gasteiger partial charge in [-0.05, 0) is 54.8 Å². The number of halogens is 1. The molecule has 6 heteroatoms. The molecule has 0 aromatic heterocycles. The van der Waals surface area contributed by atoms with Gasteiger partial charge < -0.3 is 10.6 Å². The molecule has 2 aromatic rings. The summed E-state index contributed by atoms with van der Waals surface area (Å²) in [7, 11) is 1.75. The molecule has 25 heavy (non-hydrogen) atoms. The molecule has 1 unspecified atom stereocenters. The summed E-state index contributed by atoms with van der Waals surface area (Å²) in [5.41, 5.74) is 7.80. The number of hydrogen-bond donors (Lipinski definition) is 2. The van der Waals surface area contributed by atoms with Crippen LogP contribution >= 0.6 is 23.4 Å². The average Bonchev–Trinajstić information content (AvgIpc) is 2.59. The molecule has 2 rings (SSSR count). The molecule has 0 saturated heterocycles. The third-order valence-electron chi connectivity index (χ3n) is 3.93. The van der Waals surface area contributed by atoms with E-state index in [4.69, 9.17) is 22.7 Å². The van der Waals surface area contributed by atoms with E-state index in [0.717, 1.165) is 28.4 Å². The van der Waals surface area contributed by atoms with Gasteiger partial charge in [0.05, 0.1) is 5.25 Å². The van der Waals surface area contributed by atoms with Crippen molar-refractivity contribution in [1.29, 1.82) is 5.41 Å². The highest BCUT2D eigenvalue weighted by atomic mass is 35.5. The predicted molar refractivity (Wildman–Crippen MR) is 107 cm³/mol. The Kier molecular flexibility index (Phi) is 6.91. The number of aryl methyl sites for hydroxylation is 1. The number of anilines is 1. The SMILES string of the molecule is CC(=O)N(C)c1ccc(SC(CCc2ccc(Cl)cc2)C(=N)N)cc1. The second kappa shape index (κ2) is 8.92. The lowest BCUT2D eigenvalue weighted by Gasteiger charge is -2.17. The first-order valence-corrected chi connectivity index (χ1v) is 9.22. The fourth-order valence-corrected chi connectivity index (χ4v) is 3.43. The van der Waals surface area contributed by atoms with Crippen molar-refractivity contribution in [3.8, 4) is 0 Å². The quantitative estimate of drug-likeness (QED) is 0.429. The molecule has 2 aromatic carbocycles. The first-order valence-electron chi connectivity index (χ1n) is 7.96. The molecule has 0 spiro atoms. The minimum atomic E-state index is -0.0907. The number of nitrogens with one attached hydrogen (secondary N) is 1. The summed E-state index contributed by atoms with van der Waals surface area (Å²) < 4.78 is 0. The molecule has 0 aliphatic heterocycles. The summed E-state index contributed by atoms with van der Waals surface area (Å²) in [6, 6.07) is 15.5. The van der Waals surface area contributed by atoms with E-state index in [9.17, 15) is 4.79 Å². The molecular formula is C19H22ClN3OS. The maximum atomic E-state index is 11.4. The molecule has 0 radical (unpaired) electrons. The second-order valence-electron chi connectivity index (χ2n) is 5.80. The number of rotatable bonds is 7. The highest BCUT2D eigenvalue weighted by Crippen LogP contribution is 2.28. The van der Waals surface area contributed by atoms with E-state index in [2.05, 4.69) is 0 Å². The first kappa shape index (κ1) is 19.3. The highest BCUT2D eigenvalue weighted by Gasteiger charge is 2.15. The van der Waals surface area contributed by atoms with E-state index in [1.807, 2.05) is 48.5 Å². The molecule has 1 amide bonds. The third kappa shape index (κ3) is 5.80. The van der Waals surface area contributed by atoms with Gasteiger partial charge in [0.2, 0.25) is 5.91 Å². The summed E-state index contributed by atoms with van der Waals surface area (Å²) >= 11 is 7.47. The van der Waals surface area contributed by atoms with E-state index < -0.39 is 0 Å². The van der Waals surface area contributed by atoms with Crippen LogP contribution in [-0.2, 0) is 11.2 Å². The molecule has 0 bridgehead atoms. The summed E-state index contributed by atoms with van der Waals surface area (Å²) in [5.74, 6) is 0.161. The number of benzene rings is 2. The molecule has 0 fully saturated rings. The minimum absolute atomic E-state index is 0.00928. The number of thioether (sulfide) groups is 1. The van der Waals surface area contributed by atoms with Crippen LogP contribution in [0.4, 0.5) is 5.69 Å². The van der Waals surface area contributed by atoms with Gasteiger partial charge in [-0.25, -0.2) is 0 Å². The Hall–Kier alpha value is -1.98. The van der Waals surface area contributed by atoms with Crippen molar-refractivity contribution < 1.29 is 4.79 Å². The van der Waals surface area contributed by atoms with Gasteiger partial charge in [0.25, 0.3) is 0 Å². The van der Waals surface area contributed by atoms with Gasteiger partial charge in [0, 0.05) is 29.6 Å². The number of nitrogens with two attached hydrogens (primary N) is 1. The predicted octanol–water partition coefficient (Wildman–Crippen LogP) is 4.35. The van der Waals surface area contributed by atoms with Crippen LogP contribution in [0, 0.1) is 5.41 Å². The molecule has 0 saturated carbocycles. The van der Waals surface area contributed by atoms with Crippen LogP contribution in [0.25, 0.3) is 0 Å². The number of hydrogen-bond acceptors (Lipinski definition) is 3. The fraction of sp³-hybridized carbons (Fsp3) is 0.263. The lowest BCUT2D eigenvalue weighted by molar-refractivity contribution is -0.116. The Morgan fingerprint density at radius 3 is 2.32 bits per heavy atom. The van der Waals surface area contributed by atoms with E-state index in [1.54, 1.807) is 23.7 Å². The van der Waals surface area contributed by atoms with Crippen molar-refractivity contribution in [1.82, 2.24) is 0 Å². The van der Waals surface area contributed by atoms with Crippen molar-refractivity contribution in [3.05, 3.63) is 59.1 Å². The van der Waals surface area contributed by atoms with Crippen LogP contribution in [0.1, 0.15) is 18.9 Å².